The fraction of sp³-hybridized carbons (Fsp3) is 0.100. The molecule has 0 unspecified atom stereocenters. The SMILES string of the molecule is Clc1ccc(COc2ccc(CNc3ccccc3)cc2)c(Cl)c1. The third kappa shape index (κ3) is 4.67. The predicted molar refractivity (Wildman–Crippen MR) is 101 cm³/mol. The van der Waals surface area contributed by atoms with E-state index in [0.29, 0.717) is 16.7 Å². The van der Waals surface area contributed by atoms with Gasteiger partial charge in [0.1, 0.15) is 12.4 Å². The minimum absolute atomic E-state index is 0.414. The molecule has 0 atom stereocenters. The molecule has 122 valence electrons. The molecular formula is C20H17Cl2NO. The Bertz CT molecular complexity index is 788. The molecule has 3 rings (SSSR count). The number of halogens is 2. The van der Waals surface area contributed by atoms with Crippen molar-refractivity contribution in [3.63, 3.8) is 0 Å². The van der Waals surface area contributed by atoms with Crippen LogP contribution in [0.2, 0.25) is 10.0 Å². The van der Waals surface area contributed by atoms with E-state index in [1.807, 2.05) is 54.6 Å². The first-order chi connectivity index (χ1) is 11.7. The number of anilines is 1. The minimum Gasteiger partial charge on any atom is -0.489 e. The van der Waals surface area contributed by atoms with Gasteiger partial charge in [-0.3, -0.25) is 0 Å². The van der Waals surface area contributed by atoms with Crippen LogP contribution in [-0.4, -0.2) is 0 Å². The molecule has 0 aliphatic carbocycles. The van der Waals surface area contributed by atoms with Gasteiger partial charge >= 0.3 is 0 Å². The standard InChI is InChI=1S/C20H17Cl2NO/c21-17-9-8-16(20(22)12-17)14-24-19-10-6-15(7-11-19)13-23-18-4-2-1-3-5-18/h1-12,23H,13-14H2. The maximum atomic E-state index is 6.15. The highest BCUT2D eigenvalue weighted by Crippen LogP contribution is 2.23. The van der Waals surface area contributed by atoms with Crippen molar-refractivity contribution in [2.75, 3.05) is 5.32 Å². The van der Waals surface area contributed by atoms with Crippen molar-refractivity contribution >= 4 is 28.9 Å². The third-order valence-corrected chi connectivity index (χ3v) is 4.19. The lowest BCUT2D eigenvalue weighted by atomic mass is 10.2. The van der Waals surface area contributed by atoms with E-state index in [-0.39, 0.29) is 0 Å². The lowest BCUT2D eigenvalue weighted by molar-refractivity contribution is 0.306. The topological polar surface area (TPSA) is 21.3 Å². The summed E-state index contributed by atoms with van der Waals surface area (Å²) >= 11 is 12.0. The Morgan fingerprint density at radius 2 is 1.58 bits per heavy atom. The van der Waals surface area contributed by atoms with Crippen LogP contribution in [0.5, 0.6) is 5.75 Å². The molecule has 0 radical (unpaired) electrons. The van der Waals surface area contributed by atoms with Crippen molar-refractivity contribution in [2.45, 2.75) is 13.2 Å². The van der Waals surface area contributed by atoms with Gasteiger partial charge in [-0.05, 0) is 42.0 Å². The Morgan fingerprint density at radius 3 is 2.29 bits per heavy atom. The highest BCUT2D eigenvalue weighted by Gasteiger charge is 2.03. The molecule has 0 saturated carbocycles. The minimum atomic E-state index is 0.414. The molecule has 3 aromatic carbocycles. The summed E-state index contributed by atoms with van der Waals surface area (Å²) in [5.74, 6) is 0.810. The number of benzene rings is 3. The molecule has 0 amide bonds. The van der Waals surface area contributed by atoms with Crippen LogP contribution in [0.3, 0.4) is 0 Å². The third-order valence-electron chi connectivity index (χ3n) is 3.60. The normalized spacial score (nSPS) is 10.4. The summed E-state index contributed by atoms with van der Waals surface area (Å²) in [6, 6.07) is 23.6. The molecule has 0 spiro atoms. The average Bonchev–Trinajstić information content (AvgIpc) is 2.61. The van der Waals surface area contributed by atoms with Gasteiger partial charge in [0.25, 0.3) is 0 Å². The summed E-state index contributed by atoms with van der Waals surface area (Å²) in [7, 11) is 0. The van der Waals surface area contributed by atoms with E-state index in [4.69, 9.17) is 27.9 Å². The van der Waals surface area contributed by atoms with E-state index in [9.17, 15) is 0 Å². The average molecular weight is 358 g/mol. The lowest BCUT2D eigenvalue weighted by Crippen LogP contribution is -2.00. The maximum absolute atomic E-state index is 6.15. The van der Waals surface area contributed by atoms with Crippen LogP contribution in [0.1, 0.15) is 11.1 Å². The first-order valence-corrected chi connectivity index (χ1v) is 8.41. The van der Waals surface area contributed by atoms with E-state index in [1.54, 1.807) is 6.07 Å². The van der Waals surface area contributed by atoms with Gasteiger partial charge in [0, 0.05) is 27.8 Å². The Labute approximate surface area is 152 Å². The number of hydrogen-bond acceptors (Lipinski definition) is 2. The van der Waals surface area contributed by atoms with Crippen LogP contribution in [-0.2, 0) is 13.2 Å². The summed E-state index contributed by atoms with van der Waals surface area (Å²) in [6.07, 6.45) is 0. The van der Waals surface area contributed by atoms with Crippen molar-refractivity contribution in [3.05, 3.63) is 94.0 Å². The molecule has 0 heterocycles. The Kier molecular flexibility index (Phi) is 5.63. The van der Waals surface area contributed by atoms with Crippen molar-refractivity contribution in [1.82, 2.24) is 0 Å². The van der Waals surface area contributed by atoms with Gasteiger partial charge < -0.3 is 10.1 Å². The molecule has 0 aliphatic rings. The second-order valence-corrected chi connectivity index (χ2v) is 6.23. The van der Waals surface area contributed by atoms with Gasteiger partial charge in [0.2, 0.25) is 0 Å². The van der Waals surface area contributed by atoms with E-state index >= 15 is 0 Å². The number of hydrogen-bond donors (Lipinski definition) is 1. The summed E-state index contributed by atoms with van der Waals surface area (Å²) < 4.78 is 5.78. The number of nitrogens with one attached hydrogen (secondary N) is 1. The van der Waals surface area contributed by atoms with Gasteiger partial charge in [-0.2, -0.15) is 0 Å². The predicted octanol–water partition coefficient (Wildman–Crippen LogP) is 6.18. The number of para-hydroxylation sites is 1. The second-order valence-electron chi connectivity index (χ2n) is 5.39. The first kappa shape index (κ1) is 16.7. The highest BCUT2D eigenvalue weighted by molar-refractivity contribution is 6.35. The smallest absolute Gasteiger partial charge is 0.119 e. The van der Waals surface area contributed by atoms with Crippen LogP contribution < -0.4 is 10.1 Å². The fourth-order valence-electron chi connectivity index (χ4n) is 2.26. The number of ether oxygens (including phenoxy) is 1. The van der Waals surface area contributed by atoms with Gasteiger partial charge in [0.15, 0.2) is 0 Å². The Morgan fingerprint density at radius 1 is 0.833 bits per heavy atom. The maximum Gasteiger partial charge on any atom is 0.119 e. The van der Waals surface area contributed by atoms with Crippen molar-refractivity contribution in [3.8, 4) is 5.75 Å². The molecule has 0 fully saturated rings. The molecule has 0 aromatic heterocycles. The van der Waals surface area contributed by atoms with Crippen molar-refractivity contribution < 1.29 is 4.74 Å². The zero-order chi connectivity index (χ0) is 16.8. The zero-order valence-electron chi connectivity index (χ0n) is 13.0. The summed E-state index contributed by atoms with van der Waals surface area (Å²) in [4.78, 5) is 0. The van der Waals surface area contributed by atoms with Crippen molar-refractivity contribution in [2.24, 2.45) is 0 Å². The summed E-state index contributed by atoms with van der Waals surface area (Å²) in [5, 5.41) is 4.62. The quantitative estimate of drug-likeness (QED) is 0.568. The number of rotatable bonds is 6. The summed E-state index contributed by atoms with van der Waals surface area (Å²) in [5.41, 5.74) is 3.21. The highest BCUT2D eigenvalue weighted by atomic mass is 35.5. The van der Waals surface area contributed by atoms with Gasteiger partial charge in [-0.25, -0.2) is 0 Å². The van der Waals surface area contributed by atoms with E-state index in [0.717, 1.165) is 23.5 Å². The molecule has 0 aliphatic heterocycles. The first-order valence-electron chi connectivity index (χ1n) is 7.65. The van der Waals surface area contributed by atoms with Crippen LogP contribution in [0.4, 0.5) is 5.69 Å². The molecule has 0 bridgehead atoms. The van der Waals surface area contributed by atoms with Gasteiger partial charge in [-0.1, -0.05) is 59.6 Å². The molecule has 24 heavy (non-hydrogen) atoms. The Hall–Kier alpha value is -2.16. The molecule has 1 N–H and O–H groups in total. The van der Waals surface area contributed by atoms with E-state index in [2.05, 4.69) is 17.4 Å². The Balaban J connectivity index is 1.54. The van der Waals surface area contributed by atoms with E-state index < -0.39 is 0 Å². The van der Waals surface area contributed by atoms with Crippen molar-refractivity contribution in [1.29, 1.82) is 0 Å². The van der Waals surface area contributed by atoms with Crippen LogP contribution in [0.25, 0.3) is 0 Å². The molecule has 2 nitrogen and oxygen atoms in total. The summed E-state index contributed by atoms with van der Waals surface area (Å²) in [6.45, 7) is 1.19. The molecule has 4 heteroatoms. The van der Waals surface area contributed by atoms with Crippen LogP contribution in [0, 0.1) is 0 Å². The zero-order valence-corrected chi connectivity index (χ0v) is 14.5. The fourth-order valence-corrected chi connectivity index (χ4v) is 2.73. The molecule has 0 saturated heterocycles. The van der Waals surface area contributed by atoms with Crippen LogP contribution in [0.15, 0.2) is 72.8 Å². The lowest BCUT2D eigenvalue weighted by Gasteiger charge is -2.10. The second kappa shape index (κ2) is 8.09. The monoisotopic (exact) mass is 357 g/mol. The van der Waals surface area contributed by atoms with Crippen LogP contribution >= 0.6 is 23.2 Å². The van der Waals surface area contributed by atoms with Gasteiger partial charge in [0.05, 0.1) is 0 Å². The largest absolute Gasteiger partial charge is 0.489 e. The van der Waals surface area contributed by atoms with Gasteiger partial charge in [-0.15, -0.1) is 0 Å². The molecular weight excluding hydrogens is 341 g/mol. The molecule has 3 aromatic rings. The van der Waals surface area contributed by atoms with E-state index in [1.165, 1.54) is 5.56 Å².